The number of carbonyl (C=O) groups is 2. The van der Waals surface area contributed by atoms with Crippen molar-refractivity contribution >= 4 is 11.9 Å². The van der Waals surface area contributed by atoms with Gasteiger partial charge in [-0.3, -0.25) is 9.88 Å². The molecule has 2 N–H and O–H groups in total. The van der Waals surface area contributed by atoms with E-state index in [4.69, 9.17) is 29.5 Å². The standard InChI is InChI=1S/C18H24N4O.2C2HF3O2/c1-23-12-16-10-21(8-15-3-2-6-19-7-15)11-17-18(16)22(13-20-17)9-14-4-5-14;2*3-2(4,5)1(6)7/h2-3,6-7,13-14,16H,4-5,8-12H2,1H3;2*(H,6,7). The topological polar surface area (TPSA) is 118 Å². The summed E-state index contributed by atoms with van der Waals surface area (Å²) in [5, 5.41) is 14.2. The first kappa shape index (κ1) is 30.0. The second kappa shape index (κ2) is 12.9. The van der Waals surface area contributed by atoms with Crippen LogP contribution in [-0.4, -0.2) is 74.2 Å². The van der Waals surface area contributed by atoms with Crippen molar-refractivity contribution in [3.63, 3.8) is 0 Å². The molecule has 0 aromatic carbocycles. The minimum atomic E-state index is -5.08. The number of methoxy groups -OCH3 is 1. The largest absolute Gasteiger partial charge is 0.490 e. The summed E-state index contributed by atoms with van der Waals surface area (Å²) in [4.78, 5) is 29.2. The zero-order valence-electron chi connectivity index (χ0n) is 19.7. The van der Waals surface area contributed by atoms with Crippen LogP contribution in [0.5, 0.6) is 0 Å². The number of carboxylic acids is 2. The number of hydrogen-bond donors (Lipinski definition) is 2. The van der Waals surface area contributed by atoms with Gasteiger partial charge in [0.2, 0.25) is 0 Å². The molecular weight excluding hydrogens is 514 g/mol. The third kappa shape index (κ3) is 9.99. The highest BCUT2D eigenvalue weighted by molar-refractivity contribution is 5.73. The van der Waals surface area contributed by atoms with Gasteiger partial charge < -0.3 is 19.5 Å². The van der Waals surface area contributed by atoms with Crippen molar-refractivity contribution in [1.82, 2.24) is 19.4 Å². The van der Waals surface area contributed by atoms with Gasteiger partial charge in [-0.2, -0.15) is 26.3 Å². The van der Waals surface area contributed by atoms with Crippen LogP contribution < -0.4 is 0 Å². The number of fused-ring (bicyclic) bond motifs is 1. The molecule has 2 aromatic heterocycles. The molecule has 1 unspecified atom stereocenters. The zero-order chi connectivity index (χ0) is 27.8. The fourth-order valence-electron chi connectivity index (χ4n) is 3.63. The lowest BCUT2D eigenvalue weighted by molar-refractivity contribution is -0.193. The van der Waals surface area contributed by atoms with E-state index in [0.717, 1.165) is 38.7 Å². The minimum Gasteiger partial charge on any atom is -0.475 e. The maximum absolute atomic E-state index is 10.6. The highest BCUT2D eigenvalue weighted by atomic mass is 19.4. The van der Waals surface area contributed by atoms with Crippen molar-refractivity contribution in [2.24, 2.45) is 5.92 Å². The number of hydrogen-bond acceptors (Lipinski definition) is 6. The summed E-state index contributed by atoms with van der Waals surface area (Å²) < 4.78 is 71.4. The summed E-state index contributed by atoms with van der Waals surface area (Å²) in [5.41, 5.74) is 3.88. The van der Waals surface area contributed by atoms with Crippen molar-refractivity contribution in [2.45, 2.75) is 50.7 Å². The van der Waals surface area contributed by atoms with Crippen molar-refractivity contribution in [3.05, 3.63) is 47.8 Å². The van der Waals surface area contributed by atoms with Crippen LogP contribution in [0.3, 0.4) is 0 Å². The third-order valence-electron chi connectivity index (χ3n) is 5.33. The van der Waals surface area contributed by atoms with Crippen LogP contribution in [0.25, 0.3) is 0 Å². The fourth-order valence-corrected chi connectivity index (χ4v) is 3.63. The molecule has 37 heavy (non-hydrogen) atoms. The van der Waals surface area contributed by atoms with E-state index in [0.29, 0.717) is 5.92 Å². The summed E-state index contributed by atoms with van der Waals surface area (Å²) in [6.45, 7) is 4.75. The maximum atomic E-state index is 10.6. The average Bonchev–Trinajstić information content (AvgIpc) is 3.52. The van der Waals surface area contributed by atoms with Gasteiger partial charge in [0.15, 0.2) is 0 Å². The Morgan fingerprint density at radius 2 is 1.70 bits per heavy atom. The lowest BCUT2D eigenvalue weighted by Gasteiger charge is -2.33. The highest BCUT2D eigenvalue weighted by Crippen LogP contribution is 2.34. The Balaban J connectivity index is 0.000000286. The second-order valence-electron chi connectivity index (χ2n) is 8.46. The van der Waals surface area contributed by atoms with Gasteiger partial charge in [0.1, 0.15) is 0 Å². The maximum Gasteiger partial charge on any atom is 0.490 e. The number of pyridine rings is 1. The van der Waals surface area contributed by atoms with E-state index in [2.05, 4.69) is 20.5 Å². The Morgan fingerprint density at radius 3 is 2.16 bits per heavy atom. The summed E-state index contributed by atoms with van der Waals surface area (Å²) in [7, 11) is 1.79. The Bertz CT molecular complexity index is 1000. The molecule has 0 amide bonds. The third-order valence-corrected chi connectivity index (χ3v) is 5.33. The summed E-state index contributed by atoms with van der Waals surface area (Å²) in [5.74, 6) is -4.24. The quantitative estimate of drug-likeness (QED) is 0.533. The van der Waals surface area contributed by atoms with E-state index in [1.54, 1.807) is 7.11 Å². The molecule has 1 saturated carbocycles. The van der Waals surface area contributed by atoms with Crippen LogP contribution in [0.15, 0.2) is 30.9 Å². The number of aliphatic carboxylic acids is 2. The Morgan fingerprint density at radius 1 is 1.11 bits per heavy atom. The van der Waals surface area contributed by atoms with Crippen molar-refractivity contribution in [3.8, 4) is 0 Å². The summed E-state index contributed by atoms with van der Waals surface area (Å²) in [6.07, 6.45) is -1.61. The van der Waals surface area contributed by atoms with E-state index in [1.165, 1.54) is 29.8 Å². The van der Waals surface area contributed by atoms with E-state index in [9.17, 15) is 26.3 Å². The van der Waals surface area contributed by atoms with Gasteiger partial charge in [-0.15, -0.1) is 0 Å². The van der Waals surface area contributed by atoms with Crippen LogP contribution >= 0.6 is 0 Å². The number of carboxylic acid groups (broad SMARTS) is 2. The number of rotatable bonds is 6. The van der Waals surface area contributed by atoms with Crippen LogP contribution in [0.1, 0.15) is 35.7 Å². The summed E-state index contributed by atoms with van der Waals surface area (Å²) in [6, 6.07) is 4.14. The summed E-state index contributed by atoms with van der Waals surface area (Å²) >= 11 is 0. The predicted octanol–water partition coefficient (Wildman–Crippen LogP) is 3.70. The Hall–Kier alpha value is -3.20. The first-order chi connectivity index (χ1) is 17.2. The zero-order valence-corrected chi connectivity index (χ0v) is 19.7. The predicted molar refractivity (Wildman–Crippen MR) is 115 cm³/mol. The van der Waals surface area contributed by atoms with E-state index >= 15 is 0 Å². The molecule has 1 fully saturated rings. The molecule has 1 atom stereocenters. The molecule has 3 heterocycles. The first-order valence-corrected chi connectivity index (χ1v) is 11.0. The number of imidazole rings is 1. The number of aromatic nitrogens is 3. The smallest absolute Gasteiger partial charge is 0.475 e. The molecular formula is C22H26F6N4O5. The molecule has 0 saturated heterocycles. The van der Waals surface area contributed by atoms with E-state index in [1.807, 2.05) is 24.8 Å². The van der Waals surface area contributed by atoms with Gasteiger partial charge in [0.05, 0.1) is 18.6 Å². The van der Waals surface area contributed by atoms with E-state index < -0.39 is 24.3 Å². The van der Waals surface area contributed by atoms with Gasteiger partial charge in [-0.25, -0.2) is 14.6 Å². The molecule has 9 nitrogen and oxygen atoms in total. The average molecular weight is 540 g/mol. The number of ether oxygens (including phenoxy) is 1. The lowest BCUT2D eigenvalue weighted by atomic mass is 9.98. The van der Waals surface area contributed by atoms with Gasteiger partial charge in [-0.1, -0.05) is 6.07 Å². The minimum absolute atomic E-state index is 0.404. The van der Waals surface area contributed by atoms with E-state index in [-0.39, 0.29) is 0 Å². The Labute approximate surface area is 207 Å². The molecule has 2 aromatic rings. The normalized spacial score (nSPS) is 17.5. The Kier molecular flexibility index (Phi) is 10.4. The fraction of sp³-hybridized carbons (Fsp3) is 0.545. The number of alkyl halides is 6. The molecule has 1 aliphatic heterocycles. The molecule has 0 spiro atoms. The van der Waals surface area contributed by atoms with Gasteiger partial charge in [-0.05, 0) is 30.4 Å². The molecule has 0 radical (unpaired) electrons. The van der Waals surface area contributed by atoms with Crippen LogP contribution in [0.2, 0.25) is 0 Å². The molecule has 2 aliphatic rings. The number of nitrogens with zero attached hydrogens (tertiary/aromatic N) is 4. The monoisotopic (exact) mass is 540 g/mol. The van der Waals surface area contributed by atoms with Gasteiger partial charge in [0.25, 0.3) is 0 Å². The van der Waals surface area contributed by atoms with Crippen molar-refractivity contribution in [2.75, 3.05) is 20.3 Å². The molecule has 15 heteroatoms. The van der Waals surface area contributed by atoms with Crippen molar-refractivity contribution < 1.29 is 50.9 Å². The van der Waals surface area contributed by atoms with Crippen LogP contribution in [-0.2, 0) is 34.0 Å². The van der Waals surface area contributed by atoms with Crippen LogP contribution in [0, 0.1) is 5.92 Å². The SMILES string of the molecule is COCC1CN(Cc2cccnc2)Cc2ncn(CC3CC3)c21.O=C(O)C(F)(F)F.O=C(O)C(F)(F)F. The molecule has 4 rings (SSSR count). The lowest BCUT2D eigenvalue weighted by Crippen LogP contribution is -2.36. The molecule has 1 aliphatic carbocycles. The second-order valence-corrected chi connectivity index (χ2v) is 8.46. The van der Waals surface area contributed by atoms with Crippen LogP contribution in [0.4, 0.5) is 26.3 Å². The van der Waals surface area contributed by atoms with Gasteiger partial charge in [0, 0.05) is 57.3 Å². The molecule has 206 valence electrons. The number of halogens is 6. The van der Waals surface area contributed by atoms with Gasteiger partial charge >= 0.3 is 24.3 Å². The molecule has 0 bridgehead atoms. The highest BCUT2D eigenvalue weighted by Gasteiger charge is 2.39. The van der Waals surface area contributed by atoms with Crippen molar-refractivity contribution in [1.29, 1.82) is 0 Å². The first-order valence-electron chi connectivity index (χ1n) is 11.0.